The molecule has 0 aliphatic carbocycles. The SMILES string of the molecule is CCCN(CCC)CCNO.[HH]. The van der Waals surface area contributed by atoms with E-state index < -0.39 is 0 Å². The Labute approximate surface area is 70.8 Å². The first-order chi connectivity index (χ1) is 5.35. The molecule has 0 radical (unpaired) electrons. The molecule has 3 heteroatoms. The Morgan fingerprint density at radius 1 is 1.18 bits per heavy atom. The molecule has 3 nitrogen and oxygen atoms in total. The van der Waals surface area contributed by atoms with Crippen molar-refractivity contribution < 1.29 is 6.63 Å². The van der Waals surface area contributed by atoms with Crippen LogP contribution in [0.4, 0.5) is 0 Å². The highest BCUT2D eigenvalue weighted by atomic mass is 16.5. The molecule has 0 atom stereocenters. The third-order valence-electron chi connectivity index (χ3n) is 1.62. The third-order valence-corrected chi connectivity index (χ3v) is 1.62. The molecular weight excluding hydrogens is 140 g/mol. The summed E-state index contributed by atoms with van der Waals surface area (Å²) in [6.45, 7) is 8.23. The van der Waals surface area contributed by atoms with Crippen LogP contribution in [0.25, 0.3) is 0 Å². The summed E-state index contributed by atoms with van der Waals surface area (Å²) in [4.78, 5) is 2.35. The quantitative estimate of drug-likeness (QED) is 0.554. The van der Waals surface area contributed by atoms with Gasteiger partial charge in [0.15, 0.2) is 0 Å². The minimum absolute atomic E-state index is 0. The fourth-order valence-corrected chi connectivity index (χ4v) is 1.18. The molecule has 0 rings (SSSR count). The van der Waals surface area contributed by atoms with Crippen LogP contribution in [0.15, 0.2) is 0 Å². The second kappa shape index (κ2) is 7.98. The van der Waals surface area contributed by atoms with Crippen LogP contribution in [0.2, 0.25) is 0 Å². The van der Waals surface area contributed by atoms with Gasteiger partial charge in [0.25, 0.3) is 0 Å². The highest BCUT2D eigenvalue weighted by Crippen LogP contribution is 1.92. The van der Waals surface area contributed by atoms with Gasteiger partial charge in [0, 0.05) is 14.5 Å². The van der Waals surface area contributed by atoms with Crippen LogP contribution in [0.1, 0.15) is 28.1 Å². The average molecular weight is 162 g/mol. The zero-order valence-corrected chi connectivity index (χ0v) is 7.64. The second-order valence-corrected chi connectivity index (χ2v) is 2.75. The molecular formula is C8H22N2O. The van der Waals surface area contributed by atoms with Crippen molar-refractivity contribution in [1.29, 1.82) is 0 Å². The molecule has 70 valence electrons. The normalized spacial score (nSPS) is 10.9. The summed E-state index contributed by atoms with van der Waals surface area (Å²) < 4.78 is 0. The van der Waals surface area contributed by atoms with Gasteiger partial charge in [0.2, 0.25) is 0 Å². The number of nitrogens with zero attached hydrogens (tertiary/aromatic N) is 1. The molecule has 2 N–H and O–H groups in total. The highest BCUT2D eigenvalue weighted by Gasteiger charge is 1.99. The monoisotopic (exact) mass is 162 g/mol. The van der Waals surface area contributed by atoms with Crippen LogP contribution in [0.3, 0.4) is 0 Å². The Balaban J connectivity index is 0. The Bertz CT molecular complexity index is 77.5. The maximum absolute atomic E-state index is 8.37. The number of hydroxylamine groups is 1. The van der Waals surface area contributed by atoms with E-state index in [-0.39, 0.29) is 1.43 Å². The van der Waals surface area contributed by atoms with Gasteiger partial charge in [0.05, 0.1) is 0 Å². The van der Waals surface area contributed by atoms with E-state index in [1.807, 2.05) is 0 Å². The molecule has 0 spiro atoms. The zero-order chi connectivity index (χ0) is 8.53. The van der Waals surface area contributed by atoms with E-state index in [1.54, 1.807) is 0 Å². The van der Waals surface area contributed by atoms with Crippen molar-refractivity contribution in [2.24, 2.45) is 0 Å². The number of rotatable bonds is 7. The Kier molecular flexibility index (Phi) is 7.89. The first-order valence-corrected chi connectivity index (χ1v) is 4.44. The topological polar surface area (TPSA) is 35.5 Å². The number of hydrogen-bond acceptors (Lipinski definition) is 3. The maximum Gasteiger partial charge on any atom is 0.0335 e. The predicted octanol–water partition coefficient (Wildman–Crippen LogP) is 1.33. The molecule has 0 unspecified atom stereocenters. The van der Waals surface area contributed by atoms with E-state index in [1.165, 1.54) is 12.8 Å². The van der Waals surface area contributed by atoms with Crippen molar-refractivity contribution in [1.82, 2.24) is 10.4 Å². The lowest BCUT2D eigenvalue weighted by molar-refractivity contribution is 0.146. The largest absolute Gasteiger partial charge is 0.317 e. The van der Waals surface area contributed by atoms with Gasteiger partial charge in [0.1, 0.15) is 0 Å². The van der Waals surface area contributed by atoms with Crippen molar-refractivity contribution in [3.63, 3.8) is 0 Å². The summed E-state index contributed by atoms with van der Waals surface area (Å²) in [6.07, 6.45) is 2.37. The molecule has 0 fully saturated rings. The average Bonchev–Trinajstić information content (AvgIpc) is 2.01. The van der Waals surface area contributed by atoms with Crippen LogP contribution in [0, 0.1) is 0 Å². The molecule has 11 heavy (non-hydrogen) atoms. The van der Waals surface area contributed by atoms with Crippen LogP contribution in [0.5, 0.6) is 0 Å². The van der Waals surface area contributed by atoms with E-state index in [0.717, 1.165) is 19.6 Å². The van der Waals surface area contributed by atoms with Gasteiger partial charge in [-0.1, -0.05) is 13.8 Å². The first-order valence-electron chi connectivity index (χ1n) is 4.44. The van der Waals surface area contributed by atoms with Gasteiger partial charge in [-0.15, -0.1) is 0 Å². The van der Waals surface area contributed by atoms with E-state index in [0.29, 0.717) is 6.54 Å². The van der Waals surface area contributed by atoms with Crippen LogP contribution >= 0.6 is 0 Å². The fourth-order valence-electron chi connectivity index (χ4n) is 1.18. The van der Waals surface area contributed by atoms with Crippen LogP contribution in [-0.2, 0) is 0 Å². The van der Waals surface area contributed by atoms with Crippen molar-refractivity contribution in [3.05, 3.63) is 0 Å². The summed E-state index contributed by atoms with van der Waals surface area (Å²) in [5.41, 5.74) is 2.17. The van der Waals surface area contributed by atoms with E-state index in [4.69, 9.17) is 5.21 Å². The molecule has 0 aliphatic heterocycles. The van der Waals surface area contributed by atoms with Crippen molar-refractivity contribution >= 4 is 0 Å². The lowest BCUT2D eigenvalue weighted by Crippen LogP contribution is -2.32. The molecule has 0 aromatic heterocycles. The Morgan fingerprint density at radius 2 is 1.73 bits per heavy atom. The fraction of sp³-hybridized carbons (Fsp3) is 1.00. The molecule has 0 saturated carbocycles. The van der Waals surface area contributed by atoms with E-state index >= 15 is 0 Å². The van der Waals surface area contributed by atoms with Crippen molar-refractivity contribution in [2.45, 2.75) is 26.7 Å². The van der Waals surface area contributed by atoms with Gasteiger partial charge >= 0.3 is 0 Å². The lowest BCUT2D eigenvalue weighted by Gasteiger charge is -2.19. The Hall–Kier alpha value is -0.120. The predicted molar refractivity (Wildman–Crippen MR) is 48.9 cm³/mol. The molecule has 0 aliphatic rings. The summed E-state index contributed by atoms with van der Waals surface area (Å²) >= 11 is 0. The lowest BCUT2D eigenvalue weighted by atomic mass is 10.3. The van der Waals surface area contributed by atoms with E-state index in [9.17, 15) is 0 Å². The standard InChI is InChI=1S/C8H20N2O.H2/c1-3-6-10(7-4-2)8-5-9-11;/h9,11H,3-8H2,1-2H3;1H. The number of nitrogens with one attached hydrogen (secondary N) is 1. The molecule has 0 heterocycles. The minimum Gasteiger partial charge on any atom is -0.317 e. The zero-order valence-electron chi connectivity index (χ0n) is 7.64. The molecule has 0 saturated heterocycles. The van der Waals surface area contributed by atoms with E-state index in [2.05, 4.69) is 24.2 Å². The first kappa shape index (κ1) is 10.9. The van der Waals surface area contributed by atoms with Crippen molar-refractivity contribution in [2.75, 3.05) is 26.2 Å². The minimum atomic E-state index is 0. The molecule has 0 aromatic carbocycles. The summed E-state index contributed by atoms with van der Waals surface area (Å²) in [5.74, 6) is 0. The van der Waals surface area contributed by atoms with Gasteiger partial charge in [-0.2, -0.15) is 0 Å². The summed E-state index contributed by atoms with van der Waals surface area (Å²) in [5, 5.41) is 8.37. The van der Waals surface area contributed by atoms with Crippen LogP contribution in [-0.4, -0.2) is 36.3 Å². The molecule has 0 bridgehead atoms. The second-order valence-electron chi connectivity index (χ2n) is 2.75. The van der Waals surface area contributed by atoms with Gasteiger partial charge in [-0.05, 0) is 25.9 Å². The smallest absolute Gasteiger partial charge is 0.0335 e. The highest BCUT2D eigenvalue weighted by molar-refractivity contribution is 4.55. The third kappa shape index (κ3) is 6.28. The van der Waals surface area contributed by atoms with Gasteiger partial charge < -0.3 is 10.1 Å². The van der Waals surface area contributed by atoms with Crippen molar-refractivity contribution in [3.8, 4) is 0 Å². The summed E-state index contributed by atoms with van der Waals surface area (Å²) in [7, 11) is 0. The van der Waals surface area contributed by atoms with Gasteiger partial charge in [-0.25, -0.2) is 5.48 Å². The molecule has 0 aromatic rings. The summed E-state index contributed by atoms with van der Waals surface area (Å²) in [6, 6.07) is 0. The molecule has 0 amide bonds. The number of hydrogen-bond donors (Lipinski definition) is 2. The van der Waals surface area contributed by atoms with Crippen LogP contribution < -0.4 is 5.48 Å². The Morgan fingerprint density at radius 3 is 2.09 bits per heavy atom. The van der Waals surface area contributed by atoms with Gasteiger partial charge in [-0.3, -0.25) is 0 Å². The maximum atomic E-state index is 8.37.